The van der Waals surface area contributed by atoms with Crippen LogP contribution in [-0.2, 0) is 6.42 Å². The summed E-state index contributed by atoms with van der Waals surface area (Å²) in [5.74, 6) is 2.62. The molecule has 0 saturated heterocycles. The van der Waals surface area contributed by atoms with Gasteiger partial charge in [-0.25, -0.2) is 9.97 Å². The highest BCUT2D eigenvalue weighted by atomic mass is 32.1. The molecule has 3 rings (SSSR count). The Kier molecular flexibility index (Phi) is 3.38. The summed E-state index contributed by atoms with van der Waals surface area (Å²) >= 11 is 1.85. The van der Waals surface area contributed by atoms with Crippen LogP contribution in [0.3, 0.4) is 0 Å². The Morgan fingerprint density at radius 3 is 2.95 bits per heavy atom. The minimum absolute atomic E-state index is 0.286. The van der Waals surface area contributed by atoms with E-state index < -0.39 is 0 Å². The molecule has 0 amide bonds. The van der Waals surface area contributed by atoms with Crippen LogP contribution in [0.2, 0.25) is 0 Å². The summed E-state index contributed by atoms with van der Waals surface area (Å²) in [4.78, 5) is 12.9. The first-order valence-electron chi connectivity index (χ1n) is 7.03. The normalized spacial score (nSPS) is 18.4. The quantitative estimate of drug-likeness (QED) is 0.920. The van der Waals surface area contributed by atoms with E-state index in [1.165, 1.54) is 10.4 Å². The van der Waals surface area contributed by atoms with Gasteiger partial charge in [-0.1, -0.05) is 13.8 Å². The van der Waals surface area contributed by atoms with Gasteiger partial charge in [0.15, 0.2) is 0 Å². The van der Waals surface area contributed by atoms with Crippen LogP contribution >= 0.6 is 11.3 Å². The molecule has 3 heterocycles. The van der Waals surface area contributed by atoms with Gasteiger partial charge in [-0.15, -0.1) is 11.3 Å². The van der Waals surface area contributed by atoms with Gasteiger partial charge in [0, 0.05) is 23.4 Å². The third kappa shape index (κ3) is 2.26. The Morgan fingerprint density at radius 2 is 2.20 bits per heavy atom. The predicted molar refractivity (Wildman–Crippen MR) is 84.3 cm³/mol. The van der Waals surface area contributed by atoms with Crippen molar-refractivity contribution in [2.45, 2.75) is 39.2 Å². The molecule has 4 nitrogen and oxygen atoms in total. The van der Waals surface area contributed by atoms with Gasteiger partial charge in [-0.05, 0) is 30.4 Å². The molecule has 0 aliphatic carbocycles. The van der Waals surface area contributed by atoms with Crippen LogP contribution in [0.1, 0.15) is 49.0 Å². The highest BCUT2D eigenvalue weighted by molar-refractivity contribution is 7.10. The minimum atomic E-state index is 0.286. The lowest BCUT2D eigenvalue weighted by molar-refractivity contribution is 0.619. The number of hydrogen-bond donors (Lipinski definition) is 1. The summed E-state index contributed by atoms with van der Waals surface area (Å²) in [5.41, 5.74) is 7.37. The van der Waals surface area contributed by atoms with Crippen LogP contribution in [0, 0.1) is 0 Å². The van der Waals surface area contributed by atoms with Gasteiger partial charge >= 0.3 is 0 Å². The highest BCUT2D eigenvalue weighted by Gasteiger charge is 2.26. The molecular formula is C15H20N4S. The first-order chi connectivity index (χ1) is 9.56. The molecule has 2 N–H and O–H groups in total. The zero-order valence-corrected chi connectivity index (χ0v) is 12.9. The number of hydrogen-bond acceptors (Lipinski definition) is 5. The van der Waals surface area contributed by atoms with E-state index in [4.69, 9.17) is 10.7 Å². The zero-order valence-electron chi connectivity index (χ0n) is 12.1. The van der Waals surface area contributed by atoms with Gasteiger partial charge in [0.25, 0.3) is 0 Å². The van der Waals surface area contributed by atoms with Crippen molar-refractivity contribution >= 4 is 23.0 Å². The van der Waals surface area contributed by atoms with Crippen molar-refractivity contribution in [3.05, 3.63) is 33.8 Å². The van der Waals surface area contributed by atoms with E-state index in [-0.39, 0.29) is 5.92 Å². The SMILES string of the molecule is CC(C)c1nc(N)cc(N2CCc3sccc3C2C)n1. The zero-order chi connectivity index (χ0) is 14.3. The smallest absolute Gasteiger partial charge is 0.135 e. The maximum atomic E-state index is 5.95. The third-order valence-corrected chi connectivity index (χ3v) is 4.83. The van der Waals surface area contributed by atoms with Crippen LogP contribution < -0.4 is 10.6 Å². The van der Waals surface area contributed by atoms with Gasteiger partial charge in [-0.2, -0.15) is 0 Å². The van der Waals surface area contributed by atoms with Crippen molar-refractivity contribution in [3.63, 3.8) is 0 Å². The molecule has 1 atom stereocenters. The summed E-state index contributed by atoms with van der Waals surface area (Å²) in [6, 6.07) is 4.46. The lowest BCUT2D eigenvalue weighted by atomic mass is 10.0. The number of rotatable bonds is 2. The molecule has 1 aliphatic heterocycles. The molecule has 5 heteroatoms. The Balaban J connectivity index is 1.98. The maximum Gasteiger partial charge on any atom is 0.135 e. The number of thiophene rings is 1. The van der Waals surface area contributed by atoms with Crippen LogP contribution in [0.25, 0.3) is 0 Å². The molecule has 0 fully saturated rings. The summed E-state index contributed by atoms with van der Waals surface area (Å²) in [7, 11) is 0. The molecule has 0 bridgehead atoms. The Labute approximate surface area is 123 Å². The lowest BCUT2D eigenvalue weighted by Crippen LogP contribution is -2.34. The molecule has 20 heavy (non-hydrogen) atoms. The van der Waals surface area contributed by atoms with Crippen LogP contribution in [0.5, 0.6) is 0 Å². The molecule has 0 aromatic carbocycles. The monoisotopic (exact) mass is 288 g/mol. The standard InChI is InChI=1S/C15H20N4S/c1-9(2)15-17-13(16)8-14(18-15)19-6-4-12-11(10(19)3)5-7-20-12/h5,7-10H,4,6H2,1-3H3,(H2,16,17,18). The second-order valence-electron chi connectivity index (χ2n) is 5.58. The number of fused-ring (bicyclic) bond motifs is 1. The average Bonchev–Trinajstić information content (AvgIpc) is 2.87. The van der Waals surface area contributed by atoms with Crippen molar-refractivity contribution in [1.82, 2.24) is 9.97 Å². The van der Waals surface area contributed by atoms with Crippen molar-refractivity contribution in [3.8, 4) is 0 Å². The van der Waals surface area contributed by atoms with Crippen LogP contribution in [-0.4, -0.2) is 16.5 Å². The Hall–Kier alpha value is -1.62. The first kappa shape index (κ1) is 13.4. The second-order valence-corrected chi connectivity index (χ2v) is 6.58. The van der Waals surface area contributed by atoms with Crippen molar-refractivity contribution in [2.24, 2.45) is 0 Å². The summed E-state index contributed by atoms with van der Waals surface area (Å²) in [6.07, 6.45) is 1.08. The molecule has 1 aliphatic rings. The Bertz CT molecular complexity index is 620. The Morgan fingerprint density at radius 1 is 1.40 bits per heavy atom. The molecule has 2 aromatic rings. The molecule has 0 radical (unpaired) electrons. The van der Waals surface area contributed by atoms with Crippen molar-refractivity contribution in [1.29, 1.82) is 0 Å². The van der Waals surface area contributed by atoms with Gasteiger partial charge in [0.05, 0.1) is 6.04 Å². The van der Waals surface area contributed by atoms with E-state index in [9.17, 15) is 0 Å². The topological polar surface area (TPSA) is 55.0 Å². The minimum Gasteiger partial charge on any atom is -0.384 e. The molecule has 1 unspecified atom stereocenters. The average molecular weight is 288 g/mol. The fourth-order valence-electron chi connectivity index (χ4n) is 2.70. The summed E-state index contributed by atoms with van der Waals surface area (Å²) in [6.45, 7) is 7.41. The lowest BCUT2D eigenvalue weighted by Gasteiger charge is -2.34. The summed E-state index contributed by atoms with van der Waals surface area (Å²) < 4.78 is 0. The highest BCUT2D eigenvalue weighted by Crippen LogP contribution is 2.35. The number of aromatic nitrogens is 2. The third-order valence-electron chi connectivity index (χ3n) is 3.84. The van der Waals surface area contributed by atoms with Gasteiger partial charge in [0.2, 0.25) is 0 Å². The van der Waals surface area contributed by atoms with E-state index in [0.29, 0.717) is 11.9 Å². The number of nitrogens with two attached hydrogens (primary N) is 1. The maximum absolute atomic E-state index is 5.95. The van der Waals surface area contributed by atoms with Crippen molar-refractivity contribution < 1.29 is 0 Å². The summed E-state index contributed by atoms with van der Waals surface area (Å²) in [5, 5.41) is 2.18. The van der Waals surface area contributed by atoms with Gasteiger partial charge in [0.1, 0.15) is 17.5 Å². The van der Waals surface area contributed by atoms with E-state index in [1.807, 2.05) is 17.4 Å². The number of nitrogen functional groups attached to an aromatic ring is 1. The molecular weight excluding hydrogens is 268 g/mol. The first-order valence-corrected chi connectivity index (χ1v) is 7.91. The van der Waals surface area contributed by atoms with E-state index in [0.717, 1.165) is 24.6 Å². The van der Waals surface area contributed by atoms with Crippen molar-refractivity contribution in [2.75, 3.05) is 17.2 Å². The van der Waals surface area contributed by atoms with Crippen LogP contribution in [0.15, 0.2) is 17.5 Å². The molecule has 2 aromatic heterocycles. The van der Waals surface area contributed by atoms with E-state index >= 15 is 0 Å². The molecule has 106 valence electrons. The van der Waals surface area contributed by atoms with Gasteiger partial charge in [-0.3, -0.25) is 0 Å². The van der Waals surface area contributed by atoms with E-state index in [1.54, 1.807) is 0 Å². The second kappa shape index (κ2) is 5.05. The number of nitrogens with zero attached hydrogens (tertiary/aromatic N) is 3. The largest absolute Gasteiger partial charge is 0.384 e. The molecule has 0 saturated carbocycles. The fraction of sp³-hybridized carbons (Fsp3) is 0.467. The van der Waals surface area contributed by atoms with Gasteiger partial charge < -0.3 is 10.6 Å². The van der Waals surface area contributed by atoms with E-state index in [2.05, 4.69) is 42.1 Å². The molecule has 0 spiro atoms. The van der Waals surface area contributed by atoms with Crippen LogP contribution in [0.4, 0.5) is 11.6 Å². The predicted octanol–water partition coefficient (Wildman–Crippen LogP) is 3.37. The number of anilines is 2. The fourth-order valence-corrected chi connectivity index (χ4v) is 3.66.